The fourth-order valence-corrected chi connectivity index (χ4v) is 12.5. The first-order valence-electron chi connectivity index (χ1n) is 32.0. The monoisotopic (exact) mass is 1310 g/mol. The van der Waals surface area contributed by atoms with Crippen LogP contribution >= 0.6 is 0 Å². The average molecular weight is 1320 g/mol. The highest BCUT2D eigenvalue weighted by Gasteiger charge is 2.39. The number of aromatic nitrogens is 2. The van der Waals surface area contributed by atoms with E-state index in [0.29, 0.717) is 41.9 Å². The topological polar surface area (TPSA) is 172 Å². The smallest absolute Gasteiger partial charge is 0.416 e. The number of pyridine rings is 2. The number of carbonyl (C=O) groups excluding carboxylic acids is 3. The van der Waals surface area contributed by atoms with Crippen LogP contribution in [0.5, 0.6) is 0 Å². The number of nitrogens with zero attached hydrogens (tertiary/aromatic N) is 4. The Bertz CT molecular complexity index is 3810. The van der Waals surface area contributed by atoms with Crippen LogP contribution in [0.25, 0.3) is 22.3 Å². The van der Waals surface area contributed by atoms with Crippen LogP contribution < -0.4 is 21.8 Å². The molecule has 14 nitrogen and oxygen atoms in total. The van der Waals surface area contributed by atoms with Crippen molar-refractivity contribution in [2.24, 2.45) is 11.8 Å². The van der Waals surface area contributed by atoms with Crippen LogP contribution in [-0.2, 0) is 49.1 Å². The van der Waals surface area contributed by atoms with Crippen molar-refractivity contribution in [3.63, 3.8) is 0 Å². The van der Waals surface area contributed by atoms with Crippen molar-refractivity contribution in [1.29, 1.82) is 0 Å². The molecule has 22 heteroatoms. The molecular weight excluding hydrogens is 1230 g/mol. The Morgan fingerprint density at radius 2 is 0.915 bits per heavy atom. The van der Waals surface area contributed by atoms with Gasteiger partial charge in [0, 0.05) is 48.7 Å². The predicted molar refractivity (Wildman–Crippen MR) is 345 cm³/mol. The fraction of sp³-hybridized carbons (Fsp3) is 0.472. The molecule has 3 N–H and O–H groups in total. The summed E-state index contributed by atoms with van der Waals surface area (Å²) in [5, 5.41) is 15.2. The molecule has 2 unspecified atom stereocenters. The number of esters is 1. The van der Waals surface area contributed by atoms with E-state index in [1.807, 2.05) is 87.7 Å². The van der Waals surface area contributed by atoms with Crippen LogP contribution in [0.1, 0.15) is 164 Å². The number of ether oxygens (including phenoxy) is 1. The molecule has 2 aliphatic heterocycles. The molecule has 0 radical (unpaired) electrons. The summed E-state index contributed by atoms with van der Waals surface area (Å²) in [5.74, 6) is -5.07. The SMILES string of the molecule is CCOC(=O)C[C@H](NC(=O)C(CC(C)C)n1cc(CCN2CCC2)c(C(F)(F)F)cc1=O)c1cc(-c2c(C)cccc2C)cc(C)c1F.Cc1cc(-c2c(C)cccc2C)cc([C@H](CC(=O)O)NC(=O)C(CC(C)C)n2cc(CCN3CCC3)c(C(F)(F)F)cc2=O)c1F. The highest BCUT2D eigenvalue weighted by molar-refractivity contribution is 5.83. The molecule has 94 heavy (non-hydrogen) atoms. The highest BCUT2D eigenvalue weighted by atomic mass is 19.4. The van der Waals surface area contributed by atoms with Gasteiger partial charge in [0.15, 0.2) is 0 Å². The maximum Gasteiger partial charge on any atom is 0.416 e. The third kappa shape index (κ3) is 18.5. The number of aliphatic carboxylic acids is 1. The van der Waals surface area contributed by atoms with E-state index in [2.05, 4.69) is 10.6 Å². The number of aryl methyl sites for hydroxylation is 6. The Morgan fingerprint density at radius 3 is 1.22 bits per heavy atom. The predicted octanol–water partition coefficient (Wildman–Crippen LogP) is 14.0. The normalized spacial score (nSPS) is 14.9. The summed E-state index contributed by atoms with van der Waals surface area (Å²) in [6.07, 6.45) is -6.12. The van der Waals surface area contributed by atoms with Crippen molar-refractivity contribution in [3.8, 4) is 22.3 Å². The van der Waals surface area contributed by atoms with Gasteiger partial charge < -0.3 is 39.4 Å². The molecule has 2 aliphatic rings. The van der Waals surface area contributed by atoms with Crippen molar-refractivity contribution in [2.75, 3.05) is 45.9 Å². The summed E-state index contributed by atoms with van der Waals surface area (Å²) in [6.45, 7) is 23.7. The molecule has 4 atom stereocenters. The number of halogens is 8. The van der Waals surface area contributed by atoms with E-state index in [-0.39, 0.29) is 71.9 Å². The van der Waals surface area contributed by atoms with Crippen LogP contribution in [0.2, 0.25) is 0 Å². The van der Waals surface area contributed by atoms with E-state index in [1.165, 1.54) is 6.07 Å². The number of hydrogen-bond acceptors (Lipinski definition) is 9. The molecule has 0 bridgehead atoms. The van der Waals surface area contributed by atoms with Gasteiger partial charge in [-0.3, -0.25) is 28.8 Å². The van der Waals surface area contributed by atoms with Gasteiger partial charge in [0.05, 0.1) is 42.7 Å². The largest absolute Gasteiger partial charge is 0.481 e. The molecule has 0 aliphatic carbocycles. The van der Waals surface area contributed by atoms with Gasteiger partial charge in [-0.25, -0.2) is 8.78 Å². The summed E-state index contributed by atoms with van der Waals surface area (Å²) in [6, 6.07) is 14.1. The lowest BCUT2D eigenvalue weighted by molar-refractivity contribution is -0.144. The second-order valence-electron chi connectivity index (χ2n) is 25.7. The zero-order chi connectivity index (χ0) is 69.3. The van der Waals surface area contributed by atoms with E-state index >= 15 is 8.78 Å². The van der Waals surface area contributed by atoms with Crippen molar-refractivity contribution in [1.82, 2.24) is 29.6 Å². The van der Waals surface area contributed by atoms with E-state index in [1.54, 1.807) is 52.8 Å². The second kappa shape index (κ2) is 31.5. The first-order chi connectivity index (χ1) is 44.2. The van der Waals surface area contributed by atoms with Gasteiger partial charge in [-0.05, 0) is 216 Å². The quantitative estimate of drug-likeness (QED) is 0.0370. The fourth-order valence-electron chi connectivity index (χ4n) is 12.5. The van der Waals surface area contributed by atoms with Gasteiger partial charge >= 0.3 is 24.3 Å². The van der Waals surface area contributed by atoms with Gasteiger partial charge in [-0.2, -0.15) is 26.3 Å². The van der Waals surface area contributed by atoms with Crippen LogP contribution in [0.4, 0.5) is 35.1 Å². The highest BCUT2D eigenvalue weighted by Crippen LogP contribution is 2.38. The Labute approximate surface area is 543 Å². The van der Waals surface area contributed by atoms with Crippen LogP contribution in [-0.4, -0.2) is 93.7 Å². The summed E-state index contributed by atoms with van der Waals surface area (Å²) in [4.78, 5) is 83.4. The van der Waals surface area contributed by atoms with Crippen LogP contribution in [0.15, 0.2) is 94.8 Å². The molecule has 2 saturated heterocycles. The number of likely N-dealkylation sites (tertiary alicyclic amines) is 2. The number of alkyl halides is 6. The number of carboxylic acids is 1. The van der Waals surface area contributed by atoms with Gasteiger partial charge in [0.1, 0.15) is 23.7 Å². The maximum atomic E-state index is 16.0. The minimum atomic E-state index is -4.76. The van der Waals surface area contributed by atoms with Gasteiger partial charge in [0.2, 0.25) is 11.8 Å². The second-order valence-corrected chi connectivity index (χ2v) is 25.7. The summed E-state index contributed by atoms with van der Waals surface area (Å²) >= 11 is 0. The minimum absolute atomic E-state index is 0.0301. The zero-order valence-corrected chi connectivity index (χ0v) is 55.3. The first-order valence-corrected chi connectivity index (χ1v) is 32.0. The molecule has 2 fully saturated rings. The lowest BCUT2D eigenvalue weighted by Crippen LogP contribution is -2.41. The molecule has 0 spiro atoms. The third-order valence-corrected chi connectivity index (χ3v) is 17.4. The molecule has 6 aromatic rings. The Morgan fingerprint density at radius 1 is 0.553 bits per heavy atom. The van der Waals surface area contributed by atoms with Crippen LogP contribution in [0.3, 0.4) is 0 Å². The Kier molecular flexibility index (Phi) is 24.6. The third-order valence-electron chi connectivity index (χ3n) is 17.4. The summed E-state index contributed by atoms with van der Waals surface area (Å²) < 4.78 is 123. The van der Waals surface area contributed by atoms with Gasteiger partial charge in [-0.1, -0.05) is 64.1 Å². The molecule has 4 heterocycles. The van der Waals surface area contributed by atoms with Gasteiger partial charge in [-0.15, -0.1) is 0 Å². The number of nitrogens with one attached hydrogen (secondary N) is 2. The van der Waals surface area contributed by atoms with Crippen LogP contribution in [0, 0.1) is 65.0 Å². The van der Waals surface area contributed by atoms with Gasteiger partial charge in [0.25, 0.3) is 11.1 Å². The molecule has 8 rings (SSSR count). The molecule has 2 amide bonds. The molecular formula is C72H86F8N6O8. The molecule has 4 aromatic carbocycles. The summed E-state index contributed by atoms with van der Waals surface area (Å²) in [7, 11) is 0. The standard InChI is InChI=1S/C37H45F4N3O4.C35H41F4N3O4/c1-7-48-33(46)20-30(28-18-27(17-25(6)35(28)38)34-23(4)10-8-11-24(34)5)42-36(47)31(16-22(2)3)44-21-26(12-15-43-13-9-14-43)29(19-32(44)45)37(39,40)41;1-20(2)14-29(42-19-24(10-13-41-11-7-12-41)27(17-30(42)43)35(37,38)39)34(46)40-28(18-31(44)45)26-16-25(15-23(5)33(26)36)32-21(3)8-6-9-22(32)4/h8,10-11,17-19,21-22,30-31H,7,9,12-16,20H2,1-6H3,(H,42,47);6,8-9,15-17,19-20,28-29H,7,10-14,18H2,1-5H3,(H,40,46)(H,44,45)/t30-,31?;28-,29?/m00/s1. The number of hydrogen-bond donors (Lipinski definition) is 3. The van der Waals surface area contributed by atoms with E-state index in [4.69, 9.17) is 4.74 Å². The number of carbonyl (C=O) groups is 4. The summed E-state index contributed by atoms with van der Waals surface area (Å²) in [5.41, 5.74) is 3.24. The van der Waals surface area contributed by atoms with Crippen molar-refractivity contribution < 1.29 is 64.1 Å². The number of benzene rings is 4. The van der Waals surface area contributed by atoms with Crippen molar-refractivity contribution in [3.05, 3.63) is 184 Å². The minimum Gasteiger partial charge on any atom is -0.481 e. The first kappa shape index (κ1) is 73.4. The molecule has 0 saturated carbocycles. The Hall–Kier alpha value is -7.98. The number of rotatable bonds is 25. The maximum absolute atomic E-state index is 16.0. The van der Waals surface area contributed by atoms with E-state index < -0.39 is 107 Å². The lowest BCUT2D eigenvalue weighted by Gasteiger charge is -2.31. The molecule has 508 valence electrons. The van der Waals surface area contributed by atoms with E-state index in [0.717, 1.165) is 93.9 Å². The number of amides is 2. The van der Waals surface area contributed by atoms with Crippen molar-refractivity contribution in [2.45, 2.75) is 164 Å². The Balaban J connectivity index is 0.000000266. The van der Waals surface area contributed by atoms with E-state index in [9.17, 15) is 60.2 Å². The molecule has 2 aromatic heterocycles. The zero-order valence-electron chi connectivity index (χ0n) is 55.3. The lowest BCUT2D eigenvalue weighted by atomic mass is 9.90. The average Bonchev–Trinajstić information content (AvgIpc) is 0.801. The number of carboxylic acid groups (broad SMARTS) is 1. The van der Waals surface area contributed by atoms with Crippen molar-refractivity contribution >= 4 is 23.8 Å².